The first-order valence-electron chi connectivity index (χ1n) is 2.67. The number of aromatic hydroxyl groups is 1. The van der Waals surface area contributed by atoms with Crippen LogP contribution in [-0.2, 0) is 0 Å². The topological polar surface area (TPSA) is 98.3 Å². The van der Waals surface area contributed by atoms with Gasteiger partial charge < -0.3 is 15.6 Å². The Morgan fingerprint density at radius 2 is 2.09 bits per heavy atom. The second-order valence-corrected chi connectivity index (χ2v) is 1.64. The molecule has 1 heterocycles. The van der Waals surface area contributed by atoms with Gasteiger partial charge in [-0.2, -0.15) is 9.97 Å². The van der Waals surface area contributed by atoms with E-state index in [0.717, 1.165) is 12.4 Å². The highest BCUT2D eigenvalue weighted by atomic mass is 16.6. The zero-order valence-electron chi connectivity index (χ0n) is 5.39. The van der Waals surface area contributed by atoms with Gasteiger partial charge in [0, 0.05) is 0 Å². The predicted molar refractivity (Wildman–Crippen MR) is 33.9 cm³/mol. The van der Waals surface area contributed by atoms with Crippen molar-refractivity contribution in [3.63, 3.8) is 0 Å². The van der Waals surface area contributed by atoms with E-state index in [1.54, 1.807) is 0 Å². The van der Waals surface area contributed by atoms with Gasteiger partial charge in [0.05, 0.1) is 12.4 Å². The maximum absolute atomic E-state index is 10.1. The number of nitrogens with zero attached hydrogens (tertiary/aromatic N) is 2. The number of carbonyl (C=O) groups is 1. The molecule has 0 saturated heterocycles. The highest BCUT2D eigenvalue weighted by molar-refractivity contribution is 5.66. The first-order chi connectivity index (χ1) is 5.18. The van der Waals surface area contributed by atoms with Crippen molar-refractivity contribution in [1.29, 1.82) is 0 Å². The number of amides is 1. The largest absolute Gasteiger partial charge is 0.505 e. The van der Waals surface area contributed by atoms with Crippen molar-refractivity contribution < 1.29 is 14.6 Å². The highest BCUT2D eigenvalue weighted by Crippen LogP contribution is 2.06. The Morgan fingerprint density at radius 1 is 1.55 bits per heavy atom. The molecular formula is C5H5N3O3. The molecule has 0 radical (unpaired) electrons. The zero-order valence-corrected chi connectivity index (χ0v) is 5.39. The fraction of sp³-hybridized carbons (Fsp3) is 0. The van der Waals surface area contributed by atoms with E-state index in [0.29, 0.717) is 0 Å². The number of aromatic nitrogens is 2. The van der Waals surface area contributed by atoms with Crippen molar-refractivity contribution in [2.24, 2.45) is 5.73 Å². The molecule has 3 N–H and O–H groups in total. The third kappa shape index (κ3) is 2.09. The van der Waals surface area contributed by atoms with Gasteiger partial charge in [-0.3, -0.25) is 0 Å². The third-order valence-corrected chi connectivity index (χ3v) is 0.806. The Hall–Kier alpha value is -1.85. The normalized spacial score (nSPS) is 9.09. The molecule has 6 nitrogen and oxygen atoms in total. The summed E-state index contributed by atoms with van der Waals surface area (Å²) in [5.74, 6) is -0.109. The minimum Gasteiger partial charge on any atom is -0.505 e. The quantitative estimate of drug-likeness (QED) is 0.577. The van der Waals surface area contributed by atoms with Crippen molar-refractivity contribution in [3.8, 4) is 11.8 Å². The van der Waals surface area contributed by atoms with Crippen molar-refractivity contribution in [3.05, 3.63) is 12.4 Å². The Labute approximate surface area is 61.6 Å². The number of hydrogen-bond donors (Lipinski definition) is 2. The summed E-state index contributed by atoms with van der Waals surface area (Å²) >= 11 is 0. The summed E-state index contributed by atoms with van der Waals surface area (Å²) in [7, 11) is 0. The summed E-state index contributed by atoms with van der Waals surface area (Å²) in [5, 5.41) is 8.69. The summed E-state index contributed by atoms with van der Waals surface area (Å²) in [6, 6.07) is -0.185. The standard InChI is InChI=1S/C5H5N3O3/c6-4(10)11-5-7-1-3(9)2-8-5/h1-2,9H,(H2,6,10). The van der Waals surface area contributed by atoms with Crippen LogP contribution in [0.2, 0.25) is 0 Å². The summed E-state index contributed by atoms with van der Waals surface area (Å²) in [6.07, 6.45) is 1.19. The van der Waals surface area contributed by atoms with Crippen LogP contribution in [0.3, 0.4) is 0 Å². The lowest BCUT2D eigenvalue weighted by Crippen LogP contribution is -2.17. The van der Waals surface area contributed by atoms with Crippen molar-refractivity contribution >= 4 is 6.09 Å². The molecule has 0 aliphatic heterocycles. The molecule has 0 aromatic carbocycles. The molecule has 0 fully saturated rings. The molecule has 1 amide bonds. The van der Waals surface area contributed by atoms with Crippen LogP contribution < -0.4 is 10.5 Å². The third-order valence-electron chi connectivity index (χ3n) is 0.806. The zero-order chi connectivity index (χ0) is 8.27. The summed E-state index contributed by atoms with van der Waals surface area (Å²) < 4.78 is 4.27. The number of carbonyl (C=O) groups excluding carboxylic acids is 1. The average molecular weight is 155 g/mol. The molecule has 0 bridgehead atoms. The van der Waals surface area contributed by atoms with Gasteiger partial charge in [-0.1, -0.05) is 0 Å². The molecular weight excluding hydrogens is 150 g/mol. The van der Waals surface area contributed by atoms with Crippen molar-refractivity contribution in [1.82, 2.24) is 9.97 Å². The first kappa shape index (κ1) is 7.26. The first-order valence-corrected chi connectivity index (χ1v) is 2.67. The van der Waals surface area contributed by atoms with Gasteiger partial charge in [0.25, 0.3) is 0 Å². The van der Waals surface area contributed by atoms with Gasteiger partial charge in [-0.25, -0.2) is 4.79 Å². The molecule has 0 saturated carbocycles. The van der Waals surface area contributed by atoms with E-state index in [1.165, 1.54) is 0 Å². The Bertz CT molecular complexity index is 258. The van der Waals surface area contributed by atoms with Crippen LogP contribution >= 0.6 is 0 Å². The predicted octanol–water partition coefficient (Wildman–Crippen LogP) is -0.360. The number of rotatable bonds is 1. The Balaban J connectivity index is 2.74. The van der Waals surface area contributed by atoms with E-state index < -0.39 is 6.09 Å². The van der Waals surface area contributed by atoms with E-state index >= 15 is 0 Å². The fourth-order valence-corrected chi connectivity index (χ4v) is 0.452. The molecule has 6 heteroatoms. The SMILES string of the molecule is NC(=O)Oc1ncc(O)cn1. The monoisotopic (exact) mass is 155 g/mol. The minimum absolute atomic E-state index is 0.109. The molecule has 0 atom stereocenters. The van der Waals surface area contributed by atoms with Crippen LogP contribution in [0.25, 0.3) is 0 Å². The molecule has 1 aromatic heterocycles. The van der Waals surface area contributed by atoms with Gasteiger partial charge in [-0.05, 0) is 0 Å². The molecule has 58 valence electrons. The van der Waals surface area contributed by atoms with Crippen LogP contribution in [0.1, 0.15) is 0 Å². The summed E-state index contributed by atoms with van der Waals surface area (Å²) in [5.41, 5.74) is 4.66. The smallest absolute Gasteiger partial charge is 0.412 e. The fourth-order valence-electron chi connectivity index (χ4n) is 0.452. The lowest BCUT2D eigenvalue weighted by molar-refractivity contribution is 0.206. The van der Waals surface area contributed by atoms with Crippen LogP contribution in [-0.4, -0.2) is 21.2 Å². The highest BCUT2D eigenvalue weighted by Gasteiger charge is 2.00. The maximum Gasteiger partial charge on any atom is 0.412 e. The van der Waals surface area contributed by atoms with E-state index in [4.69, 9.17) is 5.11 Å². The van der Waals surface area contributed by atoms with Gasteiger partial charge in [-0.15, -0.1) is 0 Å². The maximum atomic E-state index is 10.1. The molecule has 0 unspecified atom stereocenters. The second kappa shape index (κ2) is 2.82. The number of hydrogen-bond acceptors (Lipinski definition) is 5. The van der Waals surface area contributed by atoms with Crippen LogP contribution in [0, 0.1) is 0 Å². The summed E-state index contributed by atoms with van der Waals surface area (Å²) in [6.45, 7) is 0. The van der Waals surface area contributed by atoms with Gasteiger partial charge in [0.1, 0.15) is 0 Å². The van der Waals surface area contributed by atoms with Crippen LogP contribution in [0.4, 0.5) is 4.79 Å². The Kier molecular flexibility index (Phi) is 1.86. The lowest BCUT2D eigenvalue weighted by Gasteiger charge is -1.95. The van der Waals surface area contributed by atoms with E-state index in [9.17, 15) is 4.79 Å². The van der Waals surface area contributed by atoms with Gasteiger partial charge >= 0.3 is 12.1 Å². The molecule has 0 aliphatic rings. The van der Waals surface area contributed by atoms with Gasteiger partial charge in [0.15, 0.2) is 5.75 Å². The van der Waals surface area contributed by atoms with Crippen molar-refractivity contribution in [2.45, 2.75) is 0 Å². The molecule has 1 aromatic rings. The van der Waals surface area contributed by atoms with E-state index in [1.807, 2.05) is 0 Å². The second-order valence-electron chi connectivity index (χ2n) is 1.64. The van der Waals surface area contributed by atoms with Crippen molar-refractivity contribution in [2.75, 3.05) is 0 Å². The average Bonchev–Trinajstić information content (AvgIpc) is 1.93. The number of primary amides is 1. The Morgan fingerprint density at radius 3 is 2.55 bits per heavy atom. The molecule has 0 aliphatic carbocycles. The molecule has 1 rings (SSSR count). The number of nitrogens with two attached hydrogens (primary N) is 1. The molecule has 0 spiro atoms. The van der Waals surface area contributed by atoms with E-state index in [2.05, 4.69) is 20.4 Å². The van der Waals surface area contributed by atoms with E-state index in [-0.39, 0.29) is 11.8 Å². The van der Waals surface area contributed by atoms with Crippen LogP contribution in [0.5, 0.6) is 11.8 Å². The molecule has 11 heavy (non-hydrogen) atoms. The minimum atomic E-state index is -0.990. The van der Waals surface area contributed by atoms with Gasteiger partial charge in [0.2, 0.25) is 0 Å². The van der Waals surface area contributed by atoms with Crippen LogP contribution in [0.15, 0.2) is 12.4 Å². The number of ether oxygens (including phenoxy) is 1. The summed E-state index contributed by atoms with van der Waals surface area (Å²) in [4.78, 5) is 17.0. The lowest BCUT2D eigenvalue weighted by atomic mass is 10.6.